The Bertz CT molecular complexity index is 662. The van der Waals surface area contributed by atoms with E-state index >= 15 is 0 Å². The van der Waals surface area contributed by atoms with Crippen molar-refractivity contribution >= 4 is 17.7 Å². The van der Waals surface area contributed by atoms with Gasteiger partial charge >= 0.3 is 5.97 Å². The Morgan fingerprint density at radius 1 is 1.29 bits per heavy atom. The molecule has 0 unspecified atom stereocenters. The number of Topliss-reactive ketones (excluding diaryl/α,β-unsaturated/α-hetero) is 1. The number of carbonyl (C=O) groups is 3. The van der Waals surface area contributed by atoms with E-state index in [1.807, 2.05) is 0 Å². The Kier molecular flexibility index (Phi) is 5.47. The third-order valence-corrected chi connectivity index (χ3v) is 4.59. The number of likely N-dealkylation sites (tertiary alicyclic amines) is 1. The number of hydrogen-bond acceptors (Lipinski definition) is 4. The van der Waals surface area contributed by atoms with Crippen LogP contribution in [0.3, 0.4) is 0 Å². The molecule has 6 nitrogen and oxygen atoms in total. The zero-order chi connectivity index (χ0) is 18.0. The van der Waals surface area contributed by atoms with Gasteiger partial charge in [0, 0.05) is 24.3 Å². The lowest BCUT2D eigenvalue weighted by Gasteiger charge is -2.32. The van der Waals surface area contributed by atoms with Crippen molar-refractivity contribution in [2.75, 3.05) is 13.1 Å². The van der Waals surface area contributed by atoms with Gasteiger partial charge in [0.1, 0.15) is 5.69 Å². The van der Waals surface area contributed by atoms with Crippen molar-refractivity contribution in [3.8, 4) is 0 Å². The number of carbonyl (C=O) groups excluding carboxylic acids is 3. The van der Waals surface area contributed by atoms with E-state index in [0.717, 1.165) is 12.8 Å². The fraction of sp³-hybridized carbons (Fsp3) is 0.611. The van der Waals surface area contributed by atoms with Crippen molar-refractivity contribution in [3.63, 3.8) is 0 Å². The van der Waals surface area contributed by atoms with Crippen LogP contribution in [0.2, 0.25) is 0 Å². The number of nitrogens with zero attached hydrogens (tertiary/aromatic N) is 1. The number of nitrogens with one attached hydrogen (secondary N) is 1. The molecule has 0 saturated carbocycles. The molecule has 2 atom stereocenters. The van der Waals surface area contributed by atoms with Gasteiger partial charge in [0.2, 0.25) is 0 Å². The number of rotatable bonds is 4. The predicted molar refractivity (Wildman–Crippen MR) is 90.1 cm³/mol. The summed E-state index contributed by atoms with van der Waals surface area (Å²) >= 11 is 0. The number of ketones is 1. The van der Waals surface area contributed by atoms with Gasteiger partial charge in [-0.25, -0.2) is 4.79 Å². The second kappa shape index (κ2) is 7.20. The molecule has 1 aliphatic heterocycles. The van der Waals surface area contributed by atoms with Gasteiger partial charge < -0.3 is 14.6 Å². The van der Waals surface area contributed by atoms with E-state index in [4.69, 9.17) is 4.74 Å². The highest BCUT2D eigenvalue weighted by molar-refractivity contribution is 6.01. The minimum atomic E-state index is -0.841. The van der Waals surface area contributed by atoms with Crippen LogP contribution in [0.1, 0.15) is 65.7 Å². The lowest BCUT2D eigenvalue weighted by Crippen LogP contribution is -2.44. The van der Waals surface area contributed by atoms with E-state index < -0.39 is 12.1 Å². The molecule has 1 saturated heterocycles. The highest BCUT2D eigenvalue weighted by atomic mass is 16.5. The van der Waals surface area contributed by atoms with Crippen molar-refractivity contribution in [3.05, 3.63) is 22.5 Å². The summed E-state index contributed by atoms with van der Waals surface area (Å²) in [5.41, 5.74) is 1.95. The van der Waals surface area contributed by atoms with Gasteiger partial charge in [0.15, 0.2) is 11.9 Å². The summed E-state index contributed by atoms with van der Waals surface area (Å²) in [6, 6.07) is 0. The summed E-state index contributed by atoms with van der Waals surface area (Å²) in [6.07, 6.45) is 1.25. The number of hydrogen-bond donors (Lipinski definition) is 1. The highest BCUT2D eigenvalue weighted by Crippen LogP contribution is 2.21. The normalized spacial score (nSPS) is 19.0. The van der Waals surface area contributed by atoms with Gasteiger partial charge in [-0.3, -0.25) is 9.59 Å². The number of aromatic amines is 1. The maximum absolute atomic E-state index is 12.5. The Hall–Kier alpha value is -2.11. The summed E-state index contributed by atoms with van der Waals surface area (Å²) in [4.78, 5) is 41.2. The molecule has 1 amide bonds. The molecular weight excluding hydrogens is 308 g/mol. The molecule has 1 aromatic heterocycles. The Labute approximate surface area is 142 Å². The molecule has 132 valence electrons. The molecule has 0 spiro atoms. The van der Waals surface area contributed by atoms with E-state index in [0.29, 0.717) is 35.8 Å². The van der Waals surface area contributed by atoms with Crippen LogP contribution in [-0.2, 0) is 9.53 Å². The second-order valence-electron chi connectivity index (χ2n) is 6.76. The molecule has 1 fully saturated rings. The molecular formula is C18H26N2O4. The van der Waals surface area contributed by atoms with E-state index in [-0.39, 0.29) is 17.4 Å². The Morgan fingerprint density at radius 2 is 1.96 bits per heavy atom. The first-order valence-electron chi connectivity index (χ1n) is 8.42. The second-order valence-corrected chi connectivity index (χ2v) is 6.76. The van der Waals surface area contributed by atoms with Gasteiger partial charge in [-0.15, -0.1) is 0 Å². The lowest BCUT2D eigenvalue weighted by atomic mass is 10.00. The standard InChI is InChI=1S/C18H26N2O4/c1-10-7-6-8-20(9-10)17(22)14(5)24-18(23)16-11(2)15(13(4)21)12(3)19-16/h10,14,19H,6-9H2,1-5H3/t10-,14+/m1/s1. The third kappa shape index (κ3) is 3.68. The van der Waals surface area contributed by atoms with Crippen molar-refractivity contribution in [2.24, 2.45) is 5.92 Å². The number of aromatic nitrogens is 1. The monoisotopic (exact) mass is 334 g/mol. The van der Waals surface area contributed by atoms with E-state index in [1.165, 1.54) is 6.92 Å². The van der Waals surface area contributed by atoms with Gasteiger partial charge in [-0.2, -0.15) is 0 Å². The third-order valence-electron chi connectivity index (χ3n) is 4.59. The predicted octanol–water partition coefficient (Wildman–Crippen LogP) is 2.64. The Morgan fingerprint density at radius 3 is 2.50 bits per heavy atom. The number of esters is 1. The van der Waals surface area contributed by atoms with Crippen LogP contribution in [0.15, 0.2) is 0 Å². The van der Waals surface area contributed by atoms with Gasteiger partial charge in [-0.1, -0.05) is 6.92 Å². The summed E-state index contributed by atoms with van der Waals surface area (Å²) in [6.45, 7) is 10.0. The quantitative estimate of drug-likeness (QED) is 0.678. The summed E-state index contributed by atoms with van der Waals surface area (Å²) in [5.74, 6) is -0.402. The van der Waals surface area contributed by atoms with Gasteiger partial charge in [0.05, 0.1) is 0 Å². The lowest BCUT2D eigenvalue weighted by molar-refractivity contribution is -0.141. The van der Waals surface area contributed by atoms with Gasteiger partial charge in [0.25, 0.3) is 5.91 Å². The van der Waals surface area contributed by atoms with Crippen LogP contribution in [0.25, 0.3) is 0 Å². The zero-order valence-corrected chi connectivity index (χ0v) is 15.1. The average molecular weight is 334 g/mol. The molecule has 1 aromatic rings. The maximum Gasteiger partial charge on any atom is 0.355 e. The number of piperidine rings is 1. The van der Waals surface area contributed by atoms with Crippen molar-refractivity contribution < 1.29 is 19.1 Å². The van der Waals surface area contributed by atoms with Crippen LogP contribution in [0.5, 0.6) is 0 Å². The molecule has 24 heavy (non-hydrogen) atoms. The molecule has 0 aromatic carbocycles. The van der Waals surface area contributed by atoms with Crippen LogP contribution in [0, 0.1) is 19.8 Å². The molecule has 2 rings (SSSR count). The fourth-order valence-corrected chi connectivity index (χ4v) is 3.40. The largest absolute Gasteiger partial charge is 0.448 e. The summed E-state index contributed by atoms with van der Waals surface area (Å²) < 4.78 is 5.34. The average Bonchev–Trinajstić information content (AvgIpc) is 2.81. The molecule has 1 N–H and O–H groups in total. The van der Waals surface area contributed by atoms with Crippen LogP contribution < -0.4 is 0 Å². The van der Waals surface area contributed by atoms with Crippen molar-refractivity contribution in [1.29, 1.82) is 0 Å². The molecule has 2 heterocycles. The molecule has 0 aliphatic carbocycles. The first kappa shape index (κ1) is 18.2. The molecule has 0 radical (unpaired) electrons. The molecule has 0 bridgehead atoms. The van der Waals surface area contributed by atoms with E-state index in [2.05, 4.69) is 11.9 Å². The smallest absolute Gasteiger partial charge is 0.355 e. The number of amides is 1. The summed E-state index contributed by atoms with van der Waals surface area (Å²) in [7, 11) is 0. The Balaban J connectivity index is 2.08. The molecule has 6 heteroatoms. The van der Waals surface area contributed by atoms with E-state index in [9.17, 15) is 14.4 Å². The van der Waals surface area contributed by atoms with Crippen LogP contribution in [-0.4, -0.2) is 46.7 Å². The number of ether oxygens (including phenoxy) is 1. The number of H-pyrrole nitrogens is 1. The van der Waals surface area contributed by atoms with Crippen molar-refractivity contribution in [1.82, 2.24) is 9.88 Å². The highest BCUT2D eigenvalue weighted by Gasteiger charge is 2.29. The van der Waals surface area contributed by atoms with Crippen LogP contribution in [0.4, 0.5) is 0 Å². The topological polar surface area (TPSA) is 79.5 Å². The SMILES string of the molecule is CC(=O)c1c(C)[nH]c(C(=O)O[C@@H](C)C(=O)N2CCC[C@@H](C)C2)c1C. The fourth-order valence-electron chi connectivity index (χ4n) is 3.40. The maximum atomic E-state index is 12.5. The number of aryl methyl sites for hydroxylation is 1. The van der Waals surface area contributed by atoms with Gasteiger partial charge in [-0.05, 0) is 52.0 Å². The minimum Gasteiger partial charge on any atom is -0.448 e. The van der Waals surface area contributed by atoms with E-state index in [1.54, 1.807) is 25.7 Å². The summed E-state index contributed by atoms with van der Waals surface area (Å²) in [5, 5.41) is 0. The molecule has 1 aliphatic rings. The van der Waals surface area contributed by atoms with Crippen molar-refractivity contribution in [2.45, 2.75) is 53.6 Å². The first-order valence-corrected chi connectivity index (χ1v) is 8.42. The van der Waals surface area contributed by atoms with Crippen LogP contribution >= 0.6 is 0 Å². The minimum absolute atomic E-state index is 0.105. The first-order chi connectivity index (χ1) is 11.2. The zero-order valence-electron chi connectivity index (χ0n) is 15.1.